The molecule has 0 aromatic heterocycles. The Balaban J connectivity index is 4.30. The van der Waals surface area contributed by atoms with Gasteiger partial charge in [0, 0.05) is 0 Å². The van der Waals surface area contributed by atoms with Crippen molar-refractivity contribution >= 4 is 21.9 Å². The van der Waals surface area contributed by atoms with Crippen molar-refractivity contribution in [2.24, 2.45) is 0 Å². The Morgan fingerprint density at radius 3 is 2.23 bits per heavy atom. The molecule has 0 aromatic carbocycles. The molecule has 0 aliphatic rings. The molecule has 0 aliphatic carbocycles. The van der Waals surface area contributed by atoms with Gasteiger partial charge in [0.25, 0.3) is 0 Å². The van der Waals surface area contributed by atoms with Crippen LogP contribution in [0.15, 0.2) is 22.7 Å². The van der Waals surface area contributed by atoms with Crippen LogP contribution in [0.5, 0.6) is 0 Å². The average Bonchev–Trinajstić information content (AvgIpc) is 1.81. The summed E-state index contributed by atoms with van der Waals surface area (Å²) >= 11 is 3.22. The first-order chi connectivity index (χ1) is 5.72. The first-order valence-electron chi connectivity index (χ1n) is 3.98. The highest BCUT2D eigenvalue weighted by Gasteiger charge is 2.17. The van der Waals surface area contributed by atoms with Gasteiger partial charge in [-0.15, -0.1) is 0 Å². The van der Waals surface area contributed by atoms with Crippen molar-refractivity contribution in [3.63, 3.8) is 0 Å². The molecule has 0 atom stereocenters. The lowest BCUT2D eigenvalue weighted by molar-refractivity contribution is -0.149. The summed E-state index contributed by atoms with van der Waals surface area (Å²) in [7, 11) is 0. The maximum atomic E-state index is 11.3. The molecule has 74 valence electrons. The molecule has 0 fully saturated rings. The first-order valence-corrected chi connectivity index (χ1v) is 4.78. The minimum absolute atomic E-state index is 0.351. The lowest BCUT2D eigenvalue weighted by atomic mass is 10.2. The van der Waals surface area contributed by atoms with E-state index in [0.717, 1.165) is 4.48 Å². The third kappa shape index (κ3) is 6.58. The van der Waals surface area contributed by atoms with E-state index in [2.05, 4.69) is 22.5 Å². The molecule has 13 heavy (non-hydrogen) atoms. The molecule has 0 saturated carbocycles. The number of allylic oxidation sites excluding steroid dienone is 1. The van der Waals surface area contributed by atoms with E-state index in [1.165, 1.54) is 0 Å². The molecular formula is C10H15BrO2. The minimum atomic E-state index is -0.464. The maximum absolute atomic E-state index is 11.3. The molecule has 0 heterocycles. The molecule has 2 nitrogen and oxygen atoms in total. The lowest BCUT2D eigenvalue weighted by Crippen LogP contribution is -2.24. The van der Waals surface area contributed by atoms with Gasteiger partial charge in [0.15, 0.2) is 0 Å². The van der Waals surface area contributed by atoms with E-state index in [4.69, 9.17) is 4.74 Å². The van der Waals surface area contributed by atoms with Crippen LogP contribution in [0.25, 0.3) is 0 Å². The zero-order valence-electron chi connectivity index (χ0n) is 8.48. The average molecular weight is 247 g/mol. The monoisotopic (exact) mass is 246 g/mol. The van der Waals surface area contributed by atoms with E-state index in [-0.39, 0.29) is 5.97 Å². The topological polar surface area (TPSA) is 26.3 Å². The fraction of sp³-hybridized carbons (Fsp3) is 0.500. The predicted molar refractivity (Wildman–Crippen MR) is 57.7 cm³/mol. The smallest absolute Gasteiger partial charge is 0.338 e. The van der Waals surface area contributed by atoms with Crippen molar-refractivity contribution in [2.45, 2.75) is 33.3 Å². The second kappa shape index (κ2) is 4.61. The number of ether oxygens (including phenoxy) is 1. The SMILES string of the molecule is C=C(C=C(C)Br)C(=O)OC(C)(C)C. The van der Waals surface area contributed by atoms with E-state index >= 15 is 0 Å². The summed E-state index contributed by atoms with van der Waals surface area (Å²) in [6, 6.07) is 0. The van der Waals surface area contributed by atoms with E-state index in [1.807, 2.05) is 27.7 Å². The zero-order chi connectivity index (χ0) is 10.6. The van der Waals surface area contributed by atoms with Crippen LogP contribution in [0.1, 0.15) is 27.7 Å². The summed E-state index contributed by atoms with van der Waals surface area (Å²) in [5.74, 6) is -0.383. The van der Waals surface area contributed by atoms with Crippen LogP contribution in [0.3, 0.4) is 0 Å². The van der Waals surface area contributed by atoms with Crippen LogP contribution in [-0.4, -0.2) is 11.6 Å². The fourth-order valence-electron chi connectivity index (χ4n) is 0.643. The summed E-state index contributed by atoms with van der Waals surface area (Å²) in [6.07, 6.45) is 1.63. The van der Waals surface area contributed by atoms with Gasteiger partial charge in [0.05, 0.1) is 5.57 Å². The van der Waals surface area contributed by atoms with E-state index in [0.29, 0.717) is 5.57 Å². The number of carbonyl (C=O) groups is 1. The van der Waals surface area contributed by atoms with E-state index in [9.17, 15) is 4.79 Å². The van der Waals surface area contributed by atoms with Crippen LogP contribution in [0, 0.1) is 0 Å². The van der Waals surface area contributed by atoms with Gasteiger partial charge >= 0.3 is 5.97 Å². The highest BCUT2D eigenvalue weighted by Crippen LogP contribution is 2.13. The summed E-state index contributed by atoms with van der Waals surface area (Å²) in [5.41, 5.74) is -0.113. The zero-order valence-corrected chi connectivity index (χ0v) is 10.1. The van der Waals surface area contributed by atoms with Gasteiger partial charge in [0.2, 0.25) is 0 Å². The predicted octanol–water partition coefficient (Wildman–Crippen LogP) is 3.18. The molecule has 0 bridgehead atoms. The lowest BCUT2D eigenvalue weighted by Gasteiger charge is -2.19. The van der Waals surface area contributed by atoms with Gasteiger partial charge in [-0.25, -0.2) is 4.79 Å². The maximum Gasteiger partial charge on any atom is 0.338 e. The van der Waals surface area contributed by atoms with Crippen LogP contribution in [0.4, 0.5) is 0 Å². The largest absolute Gasteiger partial charge is 0.456 e. The van der Waals surface area contributed by atoms with Gasteiger partial charge in [-0.2, -0.15) is 0 Å². The number of halogens is 1. The van der Waals surface area contributed by atoms with Gasteiger partial charge < -0.3 is 4.74 Å². The number of carbonyl (C=O) groups excluding carboxylic acids is 1. The third-order valence-electron chi connectivity index (χ3n) is 1.03. The van der Waals surface area contributed by atoms with Gasteiger partial charge in [0.1, 0.15) is 5.60 Å². The highest BCUT2D eigenvalue weighted by atomic mass is 79.9. The summed E-state index contributed by atoms with van der Waals surface area (Å²) in [4.78, 5) is 11.3. The van der Waals surface area contributed by atoms with Crippen molar-refractivity contribution in [3.8, 4) is 0 Å². The van der Waals surface area contributed by atoms with Crippen molar-refractivity contribution in [1.29, 1.82) is 0 Å². The number of hydrogen-bond donors (Lipinski definition) is 0. The Labute approximate surface area is 87.8 Å². The second-order valence-corrected chi connectivity index (χ2v) is 5.01. The molecule has 0 amide bonds. The van der Waals surface area contributed by atoms with Crippen LogP contribution >= 0.6 is 15.9 Å². The second-order valence-electron chi connectivity index (χ2n) is 3.76. The van der Waals surface area contributed by atoms with Crippen molar-refractivity contribution in [1.82, 2.24) is 0 Å². The van der Waals surface area contributed by atoms with Gasteiger partial charge in [-0.05, 0) is 38.3 Å². The Hall–Kier alpha value is -0.570. The van der Waals surface area contributed by atoms with Crippen molar-refractivity contribution < 1.29 is 9.53 Å². The molecule has 0 saturated heterocycles. The third-order valence-corrected chi connectivity index (χ3v) is 1.26. The number of esters is 1. The molecule has 0 aliphatic heterocycles. The Morgan fingerprint density at radius 1 is 1.46 bits per heavy atom. The minimum Gasteiger partial charge on any atom is -0.456 e. The Morgan fingerprint density at radius 2 is 1.92 bits per heavy atom. The summed E-state index contributed by atoms with van der Waals surface area (Å²) < 4.78 is 5.95. The standard InChI is InChI=1S/C10H15BrO2/c1-7(6-8(2)11)9(12)13-10(3,4)5/h6H,1H2,2-5H3. The molecule has 0 radical (unpaired) electrons. The molecule has 0 N–H and O–H groups in total. The highest BCUT2D eigenvalue weighted by molar-refractivity contribution is 9.11. The molecular weight excluding hydrogens is 232 g/mol. The van der Waals surface area contributed by atoms with E-state index < -0.39 is 5.60 Å². The number of rotatable bonds is 2. The van der Waals surface area contributed by atoms with Crippen LogP contribution in [-0.2, 0) is 9.53 Å². The fourth-order valence-corrected chi connectivity index (χ4v) is 0.919. The first kappa shape index (κ1) is 12.4. The van der Waals surface area contributed by atoms with Gasteiger partial charge in [-0.1, -0.05) is 22.5 Å². The summed E-state index contributed by atoms with van der Waals surface area (Å²) in [5, 5.41) is 0. The molecule has 0 rings (SSSR count). The molecule has 0 spiro atoms. The molecule has 0 aromatic rings. The quantitative estimate of drug-likeness (QED) is 0.425. The molecule has 3 heteroatoms. The van der Waals surface area contributed by atoms with E-state index in [1.54, 1.807) is 6.08 Å². The van der Waals surface area contributed by atoms with Crippen molar-refractivity contribution in [3.05, 3.63) is 22.7 Å². The Bertz CT molecular complexity index is 242. The Kier molecular flexibility index (Phi) is 4.40. The van der Waals surface area contributed by atoms with Crippen molar-refractivity contribution in [2.75, 3.05) is 0 Å². The van der Waals surface area contributed by atoms with Crippen LogP contribution < -0.4 is 0 Å². The van der Waals surface area contributed by atoms with Gasteiger partial charge in [-0.3, -0.25) is 0 Å². The molecule has 0 unspecified atom stereocenters. The van der Waals surface area contributed by atoms with Crippen LogP contribution in [0.2, 0.25) is 0 Å². The normalized spacial score (nSPS) is 12.5. The summed E-state index contributed by atoms with van der Waals surface area (Å²) in [6.45, 7) is 10.9. The number of hydrogen-bond acceptors (Lipinski definition) is 2.